The largest absolute Gasteiger partial charge is 0.433 e. The van der Waals surface area contributed by atoms with E-state index < -0.39 is 39.8 Å². The number of nitrogens with one attached hydrogen (secondary N) is 1. The van der Waals surface area contributed by atoms with Crippen molar-refractivity contribution in [1.82, 2.24) is 24.1 Å². The summed E-state index contributed by atoms with van der Waals surface area (Å²) in [6, 6.07) is 9.16. The number of hydrogen-bond acceptors (Lipinski definition) is 9. The lowest BCUT2D eigenvalue weighted by atomic mass is 10.1. The number of piperazine rings is 1. The van der Waals surface area contributed by atoms with Crippen LogP contribution in [0.15, 0.2) is 54.9 Å². The standard InChI is InChI=1S/C30H27F4N7O5S/c1-16-10-26(46-28-19(31)4-3-5-20(28)32)36-15-24(16)41-29(35)18(14-37-41)27(42)22-11-17-12-25(45-30(33)34)23(13-21(17)38-22)39-6-8-40(9-7-39)47(2,43)44/h3-5,10-15,30,38H,6-9,35H2,1-2H3. The summed E-state index contributed by atoms with van der Waals surface area (Å²) in [6.45, 7) is -0.647. The molecule has 0 unspecified atom stereocenters. The van der Waals surface area contributed by atoms with Crippen LogP contribution < -0.4 is 20.1 Å². The van der Waals surface area contributed by atoms with Gasteiger partial charge in [-0.2, -0.15) is 18.2 Å². The second-order valence-electron chi connectivity index (χ2n) is 10.8. The molecule has 6 rings (SSSR count). The van der Waals surface area contributed by atoms with E-state index in [1.165, 1.54) is 45.6 Å². The molecule has 0 spiro atoms. The summed E-state index contributed by atoms with van der Waals surface area (Å²) >= 11 is 0. The SMILES string of the molecule is Cc1cc(Oc2c(F)cccc2F)ncc1-n1ncc(C(=O)c2cc3cc(OC(F)F)c(N4CCN(S(C)(=O)=O)CC4)cc3[nH]2)c1N. The fraction of sp³-hybridized carbons (Fsp3) is 0.233. The first-order valence-corrected chi connectivity index (χ1v) is 15.9. The van der Waals surface area contributed by atoms with Gasteiger partial charge in [-0.1, -0.05) is 6.07 Å². The summed E-state index contributed by atoms with van der Waals surface area (Å²) in [5.41, 5.74) is 8.11. The maximum atomic E-state index is 14.0. The van der Waals surface area contributed by atoms with E-state index in [1.54, 1.807) is 17.9 Å². The van der Waals surface area contributed by atoms with Gasteiger partial charge in [0.1, 0.15) is 11.6 Å². The van der Waals surface area contributed by atoms with Crippen molar-refractivity contribution in [1.29, 1.82) is 0 Å². The molecule has 1 saturated heterocycles. The highest BCUT2D eigenvalue weighted by molar-refractivity contribution is 7.88. The summed E-state index contributed by atoms with van der Waals surface area (Å²) < 4.78 is 91.3. The van der Waals surface area contributed by atoms with Crippen LogP contribution in [0.4, 0.5) is 29.1 Å². The zero-order valence-electron chi connectivity index (χ0n) is 24.9. The van der Waals surface area contributed by atoms with Crippen LogP contribution >= 0.6 is 0 Å². The molecule has 12 nitrogen and oxygen atoms in total. The molecule has 17 heteroatoms. The zero-order valence-corrected chi connectivity index (χ0v) is 25.7. The van der Waals surface area contributed by atoms with Crippen LogP contribution in [0.3, 0.4) is 0 Å². The van der Waals surface area contributed by atoms with Crippen LogP contribution in [0.1, 0.15) is 21.6 Å². The van der Waals surface area contributed by atoms with E-state index in [0.717, 1.165) is 18.4 Å². The van der Waals surface area contributed by atoms with Gasteiger partial charge < -0.3 is 25.1 Å². The molecule has 47 heavy (non-hydrogen) atoms. The smallest absolute Gasteiger partial charge is 0.387 e. The number of rotatable bonds is 9. The van der Waals surface area contributed by atoms with Gasteiger partial charge in [-0.25, -0.2) is 26.9 Å². The fourth-order valence-corrected chi connectivity index (χ4v) is 6.15. The molecular formula is C30H27F4N7O5S. The number of nitrogens with zero attached hydrogens (tertiary/aromatic N) is 5. The fourth-order valence-electron chi connectivity index (χ4n) is 5.32. The third kappa shape index (κ3) is 6.31. The number of hydrogen-bond donors (Lipinski definition) is 2. The third-order valence-electron chi connectivity index (χ3n) is 7.67. The molecule has 0 amide bonds. The Balaban J connectivity index is 1.27. The molecule has 4 heterocycles. The molecular weight excluding hydrogens is 646 g/mol. The van der Waals surface area contributed by atoms with Crippen molar-refractivity contribution in [2.75, 3.05) is 43.1 Å². The predicted octanol–water partition coefficient (Wildman–Crippen LogP) is 4.62. The van der Waals surface area contributed by atoms with Crippen LogP contribution in [0.2, 0.25) is 0 Å². The summed E-state index contributed by atoms with van der Waals surface area (Å²) in [5, 5.41) is 4.65. The number of ether oxygens (including phenoxy) is 2. The van der Waals surface area contributed by atoms with Gasteiger partial charge in [0.25, 0.3) is 0 Å². The van der Waals surface area contributed by atoms with E-state index in [-0.39, 0.29) is 54.9 Å². The molecule has 0 radical (unpaired) electrons. The molecule has 5 aromatic rings. The summed E-state index contributed by atoms with van der Waals surface area (Å²) in [6.07, 6.45) is 3.70. The van der Waals surface area contributed by atoms with Crippen molar-refractivity contribution >= 4 is 38.2 Å². The first-order valence-electron chi connectivity index (χ1n) is 14.1. The number of alkyl halides is 2. The number of nitrogens with two attached hydrogens (primary N) is 1. The van der Waals surface area contributed by atoms with Crippen molar-refractivity contribution in [3.05, 3.63) is 83.3 Å². The van der Waals surface area contributed by atoms with E-state index in [9.17, 15) is 30.8 Å². The Labute approximate surface area is 265 Å². The van der Waals surface area contributed by atoms with Gasteiger partial charge in [0.2, 0.25) is 27.4 Å². The summed E-state index contributed by atoms with van der Waals surface area (Å²) in [5.74, 6) is -3.17. The topological polar surface area (TPSA) is 149 Å². The molecule has 0 aliphatic carbocycles. The van der Waals surface area contributed by atoms with Gasteiger partial charge in [0, 0.05) is 43.1 Å². The van der Waals surface area contributed by atoms with Gasteiger partial charge in [-0.15, -0.1) is 0 Å². The van der Waals surface area contributed by atoms with Crippen LogP contribution in [-0.2, 0) is 10.0 Å². The number of aromatic amines is 1. The summed E-state index contributed by atoms with van der Waals surface area (Å²) in [7, 11) is -3.41. The number of nitrogen functional groups attached to an aromatic ring is 1. The van der Waals surface area contributed by atoms with Gasteiger partial charge in [0.05, 0.1) is 41.3 Å². The van der Waals surface area contributed by atoms with E-state index >= 15 is 0 Å². The van der Waals surface area contributed by atoms with Crippen molar-refractivity contribution in [2.24, 2.45) is 0 Å². The second kappa shape index (κ2) is 12.2. The molecule has 0 saturated carbocycles. The Hall–Kier alpha value is -5.16. The number of carbonyl (C=O) groups is 1. The Morgan fingerprint density at radius 1 is 1.02 bits per heavy atom. The number of carbonyl (C=O) groups excluding carboxylic acids is 1. The molecule has 3 N–H and O–H groups in total. The maximum Gasteiger partial charge on any atom is 0.387 e. The molecule has 1 aliphatic heterocycles. The Kier molecular flexibility index (Phi) is 8.27. The van der Waals surface area contributed by atoms with E-state index in [4.69, 9.17) is 15.2 Å². The lowest BCUT2D eigenvalue weighted by Gasteiger charge is -2.35. The van der Waals surface area contributed by atoms with Crippen molar-refractivity contribution < 1.29 is 40.2 Å². The maximum absolute atomic E-state index is 14.0. The molecule has 0 atom stereocenters. The quantitative estimate of drug-likeness (QED) is 0.169. The second-order valence-corrected chi connectivity index (χ2v) is 12.7. The van der Waals surface area contributed by atoms with Crippen LogP contribution in [0, 0.1) is 18.6 Å². The number of para-hydroxylation sites is 1. The molecule has 2 aromatic carbocycles. The number of sulfonamides is 1. The van der Waals surface area contributed by atoms with Crippen LogP contribution in [-0.4, -0.2) is 77.3 Å². The zero-order chi connectivity index (χ0) is 33.6. The number of halogens is 4. The first kappa shape index (κ1) is 31.8. The van der Waals surface area contributed by atoms with Gasteiger partial charge in [0.15, 0.2) is 11.6 Å². The monoisotopic (exact) mass is 673 g/mol. The first-order chi connectivity index (χ1) is 22.3. The minimum atomic E-state index is -3.41. The highest BCUT2D eigenvalue weighted by Gasteiger charge is 2.27. The lowest BCUT2D eigenvalue weighted by Crippen LogP contribution is -2.48. The molecule has 0 bridgehead atoms. The Bertz CT molecular complexity index is 2090. The summed E-state index contributed by atoms with van der Waals surface area (Å²) in [4.78, 5) is 22.4. The van der Waals surface area contributed by atoms with Crippen LogP contribution in [0.5, 0.6) is 17.4 Å². The number of pyridine rings is 1. The van der Waals surface area contributed by atoms with E-state index in [2.05, 4.69) is 15.1 Å². The van der Waals surface area contributed by atoms with Crippen molar-refractivity contribution in [3.8, 4) is 23.1 Å². The predicted molar refractivity (Wildman–Crippen MR) is 164 cm³/mol. The highest BCUT2D eigenvalue weighted by atomic mass is 32.2. The minimum absolute atomic E-state index is 0.0291. The van der Waals surface area contributed by atoms with Crippen molar-refractivity contribution in [3.63, 3.8) is 0 Å². The number of anilines is 2. The van der Waals surface area contributed by atoms with E-state index in [1.807, 2.05) is 0 Å². The molecule has 246 valence electrons. The number of ketones is 1. The average Bonchev–Trinajstić information content (AvgIpc) is 3.61. The number of aryl methyl sites for hydroxylation is 1. The van der Waals surface area contributed by atoms with Gasteiger partial charge >= 0.3 is 6.61 Å². The van der Waals surface area contributed by atoms with Crippen LogP contribution in [0.25, 0.3) is 16.6 Å². The Morgan fingerprint density at radius 3 is 2.36 bits per heavy atom. The molecule has 3 aromatic heterocycles. The molecule has 1 fully saturated rings. The number of aromatic nitrogens is 4. The van der Waals surface area contributed by atoms with Gasteiger partial charge in [-0.3, -0.25) is 4.79 Å². The normalized spacial score (nSPS) is 14.2. The van der Waals surface area contributed by atoms with Gasteiger partial charge in [-0.05, 0) is 42.8 Å². The minimum Gasteiger partial charge on any atom is -0.433 e. The molecule has 1 aliphatic rings. The van der Waals surface area contributed by atoms with E-state index in [0.29, 0.717) is 27.8 Å². The number of H-pyrrole nitrogens is 1. The number of benzene rings is 2. The average molecular weight is 674 g/mol. The Morgan fingerprint density at radius 2 is 1.72 bits per heavy atom. The lowest BCUT2D eigenvalue weighted by molar-refractivity contribution is -0.0494. The number of fused-ring (bicyclic) bond motifs is 1. The third-order valence-corrected chi connectivity index (χ3v) is 8.98. The highest BCUT2D eigenvalue weighted by Crippen LogP contribution is 2.36. The van der Waals surface area contributed by atoms with Crippen molar-refractivity contribution in [2.45, 2.75) is 13.5 Å².